The predicted molar refractivity (Wildman–Crippen MR) is 121 cm³/mol. The first-order chi connectivity index (χ1) is 13.0. The minimum Gasteiger partial charge on any atom is -0.311 e. The fourth-order valence-electron chi connectivity index (χ4n) is 2.12. The van der Waals surface area contributed by atoms with Crippen LogP contribution in [-0.2, 0) is 0 Å². The summed E-state index contributed by atoms with van der Waals surface area (Å²) in [5.74, 6) is -0.544. The number of hydrogen-bond acceptors (Lipinski definition) is 1. The molecule has 4 aliphatic carbocycles. The maximum Gasteiger partial charge on any atom is 0.251 e. The topological polar surface area (TPSA) is 28.1 Å². The SMILES string of the molecule is C.CC(C)(C)C#N.CC1(F)CC1.CC1CC(C)C1.C[C@H]1CC1(F)F.[C-]#[N+]C1(C)CC1. The molecule has 0 heterocycles. The van der Waals surface area contributed by atoms with Crippen LogP contribution in [0.2, 0.25) is 0 Å². The van der Waals surface area contributed by atoms with Gasteiger partial charge in [0.15, 0.2) is 0 Å². The van der Waals surface area contributed by atoms with Crippen molar-refractivity contribution >= 4 is 0 Å². The van der Waals surface area contributed by atoms with Gasteiger partial charge in [-0.15, -0.1) is 0 Å². The van der Waals surface area contributed by atoms with Crippen molar-refractivity contribution in [3.63, 3.8) is 0 Å². The lowest BCUT2D eigenvalue weighted by Crippen LogP contribution is -2.16. The van der Waals surface area contributed by atoms with E-state index in [4.69, 9.17) is 11.8 Å². The van der Waals surface area contributed by atoms with Crippen LogP contribution in [0.25, 0.3) is 4.85 Å². The van der Waals surface area contributed by atoms with Gasteiger partial charge in [0.2, 0.25) is 5.54 Å². The Hall–Kier alpha value is -1.23. The van der Waals surface area contributed by atoms with Gasteiger partial charge in [-0.2, -0.15) is 5.26 Å². The first-order valence-electron chi connectivity index (χ1n) is 10.8. The molecule has 0 N–H and O–H groups in total. The van der Waals surface area contributed by atoms with Gasteiger partial charge in [0.25, 0.3) is 5.92 Å². The van der Waals surface area contributed by atoms with Gasteiger partial charge in [-0.3, -0.25) is 0 Å². The Kier molecular flexibility index (Phi) is 12.4. The first-order valence-corrected chi connectivity index (χ1v) is 10.8. The second-order valence-electron chi connectivity index (χ2n) is 10.9. The molecule has 0 bridgehead atoms. The van der Waals surface area contributed by atoms with Crippen LogP contribution in [0.1, 0.15) is 108 Å². The average molecular weight is 431 g/mol. The Bertz CT molecular complexity index is 541. The van der Waals surface area contributed by atoms with Crippen molar-refractivity contribution in [2.75, 3.05) is 0 Å². The molecule has 0 radical (unpaired) electrons. The Morgan fingerprint density at radius 2 is 1.20 bits per heavy atom. The minimum absolute atomic E-state index is 0. The Morgan fingerprint density at radius 1 is 0.933 bits per heavy atom. The number of nitrogens with zero attached hydrogens (tertiary/aromatic N) is 2. The van der Waals surface area contributed by atoms with Gasteiger partial charge in [0, 0.05) is 37.5 Å². The standard InChI is InChI=1S/C6H12.C5H7N.C5H9N.C4H6F2.C4H7F.CH4/c1-5-3-6(2)4-5;1-5(6-2)3-4-5;1-5(2,3)4-6;1-3-2-4(3,5)6;1-4(5)2-3-4;/h5-6H,3-4H2,1-2H3;3-4H2,1H3;1-3H3;3H,2H2,1H3;2-3H2,1H3;1H4/t;;;3-;;/m...0../s1. The van der Waals surface area contributed by atoms with E-state index in [-0.39, 0.29) is 30.7 Å². The number of nitriles is 1. The zero-order valence-electron chi connectivity index (χ0n) is 19.7. The van der Waals surface area contributed by atoms with Crippen molar-refractivity contribution in [3.05, 3.63) is 11.4 Å². The molecule has 4 aliphatic rings. The van der Waals surface area contributed by atoms with E-state index in [2.05, 4.69) is 24.8 Å². The molecule has 0 aromatic rings. The first kappa shape index (κ1) is 31.0. The summed E-state index contributed by atoms with van der Waals surface area (Å²) in [6, 6.07) is 2.10. The molecule has 0 aromatic carbocycles. The highest BCUT2D eigenvalue weighted by atomic mass is 19.3. The van der Waals surface area contributed by atoms with Crippen LogP contribution in [0.15, 0.2) is 0 Å². The van der Waals surface area contributed by atoms with Crippen molar-refractivity contribution < 1.29 is 13.2 Å². The van der Waals surface area contributed by atoms with E-state index in [1.807, 2.05) is 27.7 Å². The lowest BCUT2D eigenvalue weighted by atomic mass is 9.78. The molecule has 0 spiro atoms. The van der Waals surface area contributed by atoms with Gasteiger partial charge < -0.3 is 4.85 Å². The minimum atomic E-state index is -2.29. The van der Waals surface area contributed by atoms with Gasteiger partial charge in [-0.1, -0.05) is 28.2 Å². The molecule has 176 valence electrons. The number of rotatable bonds is 0. The summed E-state index contributed by atoms with van der Waals surface area (Å²) in [7, 11) is 0. The molecule has 2 nitrogen and oxygen atoms in total. The summed E-state index contributed by atoms with van der Waals surface area (Å²) in [6.45, 7) is 22.0. The molecule has 5 heteroatoms. The van der Waals surface area contributed by atoms with Crippen molar-refractivity contribution in [2.45, 2.75) is 125 Å². The highest BCUT2D eigenvalue weighted by molar-refractivity contribution is 5.06. The highest BCUT2D eigenvalue weighted by Gasteiger charge is 2.53. The average Bonchev–Trinajstić information content (AvgIpc) is 3.51. The van der Waals surface area contributed by atoms with Crippen LogP contribution >= 0.6 is 0 Å². The smallest absolute Gasteiger partial charge is 0.251 e. The summed E-state index contributed by atoms with van der Waals surface area (Å²) in [4.78, 5) is 3.38. The van der Waals surface area contributed by atoms with E-state index in [1.54, 1.807) is 13.8 Å². The van der Waals surface area contributed by atoms with Crippen LogP contribution in [0.5, 0.6) is 0 Å². The third-order valence-electron chi connectivity index (χ3n) is 5.27. The molecule has 0 aromatic heterocycles. The summed E-state index contributed by atoms with van der Waals surface area (Å²) < 4.78 is 34.8. The van der Waals surface area contributed by atoms with Crippen LogP contribution < -0.4 is 0 Å². The van der Waals surface area contributed by atoms with Gasteiger partial charge in [0.05, 0.1) is 6.07 Å². The molecule has 4 rings (SSSR count). The van der Waals surface area contributed by atoms with Crippen molar-refractivity contribution in [1.29, 1.82) is 5.26 Å². The molecule has 0 amide bonds. The zero-order valence-corrected chi connectivity index (χ0v) is 19.7. The molecule has 1 atom stereocenters. The number of halogens is 3. The molecule has 4 saturated carbocycles. The van der Waals surface area contributed by atoms with Gasteiger partial charge in [-0.25, -0.2) is 19.7 Å². The van der Waals surface area contributed by atoms with Gasteiger partial charge in [-0.05, 0) is 65.2 Å². The Balaban J connectivity index is 0. The molecule has 0 saturated heterocycles. The molecule has 0 aliphatic heterocycles. The summed E-state index contributed by atoms with van der Waals surface area (Å²) in [5, 5.41) is 8.15. The maximum absolute atomic E-state index is 11.8. The van der Waals surface area contributed by atoms with Crippen molar-refractivity contribution in [3.8, 4) is 6.07 Å². The van der Waals surface area contributed by atoms with E-state index in [0.717, 1.165) is 37.5 Å². The second-order valence-corrected chi connectivity index (χ2v) is 10.9. The fraction of sp³-hybridized carbons (Fsp3) is 0.920. The summed E-state index contributed by atoms with van der Waals surface area (Å²) >= 11 is 0. The molecule has 0 unspecified atom stereocenters. The zero-order chi connectivity index (χ0) is 23.1. The Labute approximate surface area is 184 Å². The van der Waals surface area contributed by atoms with E-state index in [1.165, 1.54) is 12.8 Å². The monoisotopic (exact) mass is 430 g/mol. The molecule has 30 heavy (non-hydrogen) atoms. The Morgan fingerprint density at radius 3 is 1.20 bits per heavy atom. The van der Waals surface area contributed by atoms with Crippen molar-refractivity contribution in [2.24, 2.45) is 23.2 Å². The van der Waals surface area contributed by atoms with Gasteiger partial charge in [0.1, 0.15) is 5.67 Å². The highest BCUT2D eigenvalue weighted by Crippen LogP contribution is 2.47. The summed E-state index contributed by atoms with van der Waals surface area (Å²) in [6.07, 6.45) is 6.86. The lowest BCUT2D eigenvalue weighted by Gasteiger charge is -2.28. The van der Waals surface area contributed by atoms with Crippen LogP contribution in [-0.4, -0.2) is 17.1 Å². The third kappa shape index (κ3) is 17.6. The van der Waals surface area contributed by atoms with E-state index in [9.17, 15) is 13.2 Å². The largest absolute Gasteiger partial charge is 0.311 e. The summed E-state index contributed by atoms with van der Waals surface area (Å²) in [5.41, 5.74) is -0.819. The molecule has 4 fully saturated rings. The third-order valence-corrected chi connectivity index (χ3v) is 5.27. The quantitative estimate of drug-likeness (QED) is 0.353. The number of hydrogen-bond donors (Lipinski definition) is 0. The van der Waals surface area contributed by atoms with E-state index >= 15 is 0 Å². The maximum atomic E-state index is 11.8. The number of alkyl halides is 3. The predicted octanol–water partition coefficient (Wildman–Crippen LogP) is 8.87. The van der Waals surface area contributed by atoms with Gasteiger partial charge >= 0.3 is 0 Å². The lowest BCUT2D eigenvalue weighted by molar-refractivity contribution is 0.102. The van der Waals surface area contributed by atoms with Crippen molar-refractivity contribution in [1.82, 2.24) is 0 Å². The normalized spacial score (nSPS) is 29.0. The fourth-order valence-corrected chi connectivity index (χ4v) is 2.12. The van der Waals surface area contributed by atoms with E-state index < -0.39 is 11.6 Å². The second kappa shape index (κ2) is 12.0. The molecular formula is C25H45F3N2. The van der Waals surface area contributed by atoms with E-state index in [0.29, 0.717) is 0 Å². The van der Waals surface area contributed by atoms with Crippen LogP contribution in [0.4, 0.5) is 13.2 Å². The van der Waals surface area contributed by atoms with Crippen LogP contribution in [0.3, 0.4) is 0 Å². The molecular weight excluding hydrogens is 385 g/mol. The van der Waals surface area contributed by atoms with Crippen LogP contribution in [0, 0.1) is 41.1 Å².